The summed E-state index contributed by atoms with van der Waals surface area (Å²) in [5.74, 6) is -0.334. The number of nitrogens with two attached hydrogens (primary N) is 1. The topological polar surface area (TPSA) is 38.9 Å². The van der Waals surface area contributed by atoms with Crippen LogP contribution in [0.4, 0.5) is 9.52 Å². The minimum absolute atomic E-state index is 0.331. The van der Waals surface area contributed by atoms with Crippen LogP contribution in [0.5, 0.6) is 0 Å². The highest BCUT2D eigenvalue weighted by Crippen LogP contribution is 2.31. The van der Waals surface area contributed by atoms with Gasteiger partial charge in [0.25, 0.3) is 0 Å². The van der Waals surface area contributed by atoms with Crippen LogP contribution < -0.4 is 5.73 Å². The molecule has 0 amide bonds. The molecule has 1 heterocycles. The second-order valence-electron chi connectivity index (χ2n) is 4.34. The first-order valence-electron chi connectivity index (χ1n) is 5.82. The van der Waals surface area contributed by atoms with Gasteiger partial charge in [-0.2, -0.15) is 0 Å². The fourth-order valence-corrected chi connectivity index (χ4v) is 3.35. The number of aromatic nitrogens is 1. The number of nitrogens with zero attached hydrogens (tertiary/aromatic N) is 1. The van der Waals surface area contributed by atoms with E-state index < -0.39 is 0 Å². The number of thiazole rings is 1. The van der Waals surface area contributed by atoms with E-state index in [-0.39, 0.29) is 5.82 Å². The van der Waals surface area contributed by atoms with Gasteiger partial charge >= 0.3 is 0 Å². The molecule has 2 nitrogen and oxygen atoms in total. The largest absolute Gasteiger partial charge is 0.375 e. The van der Waals surface area contributed by atoms with Gasteiger partial charge in [-0.05, 0) is 29.3 Å². The number of hydrogen-bond acceptors (Lipinski definition) is 3. The fourth-order valence-electron chi connectivity index (χ4n) is 2.04. The van der Waals surface area contributed by atoms with Gasteiger partial charge in [0, 0.05) is 22.5 Å². The summed E-state index contributed by atoms with van der Waals surface area (Å²) in [5.41, 5.74) is 7.44. The van der Waals surface area contributed by atoms with Crippen LogP contribution >= 0.6 is 34.5 Å². The minimum atomic E-state index is -0.334. The molecule has 0 spiro atoms. The first-order chi connectivity index (χ1) is 9.54. The van der Waals surface area contributed by atoms with Gasteiger partial charge in [0.2, 0.25) is 0 Å². The fraction of sp³-hybridized carbons (Fsp3) is 0.0714. The van der Waals surface area contributed by atoms with Gasteiger partial charge in [-0.25, -0.2) is 9.37 Å². The van der Waals surface area contributed by atoms with Gasteiger partial charge in [0.15, 0.2) is 5.13 Å². The van der Waals surface area contributed by atoms with E-state index in [0.717, 1.165) is 4.70 Å². The molecule has 0 aliphatic rings. The van der Waals surface area contributed by atoms with Crippen LogP contribution in [0, 0.1) is 5.82 Å². The van der Waals surface area contributed by atoms with Crippen molar-refractivity contribution in [1.82, 2.24) is 4.98 Å². The van der Waals surface area contributed by atoms with Crippen LogP contribution in [0.3, 0.4) is 0 Å². The monoisotopic (exact) mass is 326 g/mol. The highest BCUT2D eigenvalue weighted by molar-refractivity contribution is 7.22. The third-order valence-electron chi connectivity index (χ3n) is 3.00. The van der Waals surface area contributed by atoms with E-state index in [9.17, 15) is 4.39 Å². The van der Waals surface area contributed by atoms with Crippen LogP contribution in [0.2, 0.25) is 10.0 Å². The van der Waals surface area contributed by atoms with Crippen molar-refractivity contribution in [2.24, 2.45) is 0 Å². The Morgan fingerprint density at radius 2 is 1.90 bits per heavy atom. The maximum atomic E-state index is 14.1. The summed E-state index contributed by atoms with van der Waals surface area (Å²) >= 11 is 13.6. The molecule has 3 aromatic rings. The zero-order chi connectivity index (χ0) is 14.3. The first kappa shape index (κ1) is 13.6. The van der Waals surface area contributed by atoms with Gasteiger partial charge in [-0.3, -0.25) is 0 Å². The highest BCUT2D eigenvalue weighted by atomic mass is 35.5. The van der Waals surface area contributed by atoms with Crippen LogP contribution in [-0.4, -0.2) is 4.98 Å². The molecule has 1 aromatic heterocycles. The lowest BCUT2D eigenvalue weighted by molar-refractivity contribution is 0.616. The Labute approximate surface area is 129 Å². The van der Waals surface area contributed by atoms with Gasteiger partial charge in [0.1, 0.15) is 5.82 Å². The summed E-state index contributed by atoms with van der Waals surface area (Å²) in [7, 11) is 0. The van der Waals surface area contributed by atoms with Gasteiger partial charge in [-0.1, -0.05) is 40.6 Å². The first-order valence-corrected chi connectivity index (χ1v) is 7.39. The van der Waals surface area contributed by atoms with Crippen LogP contribution in [0.1, 0.15) is 11.1 Å². The number of rotatable bonds is 2. The molecule has 0 aliphatic heterocycles. The normalized spacial score (nSPS) is 11.2. The maximum absolute atomic E-state index is 14.1. The molecule has 0 unspecified atom stereocenters. The number of hydrogen-bond donors (Lipinski definition) is 1. The standard InChI is InChI=1S/C14H9Cl2FN2S/c15-9-2-1-3-10(16)8(9)4-7-5-13-12(6-11(7)17)19-14(18)20-13/h1-3,5-6H,4H2,(H2,18,19). The predicted octanol–water partition coefficient (Wildman–Crippen LogP) is 4.92. The summed E-state index contributed by atoms with van der Waals surface area (Å²) in [6.45, 7) is 0. The molecule has 2 aromatic carbocycles. The number of benzene rings is 2. The zero-order valence-electron chi connectivity index (χ0n) is 10.2. The molecular weight excluding hydrogens is 318 g/mol. The third kappa shape index (κ3) is 2.46. The summed E-state index contributed by atoms with van der Waals surface area (Å²) in [6, 6.07) is 8.38. The van der Waals surface area contributed by atoms with Crippen molar-refractivity contribution in [3.05, 3.63) is 57.3 Å². The molecule has 0 radical (unpaired) electrons. The van der Waals surface area contributed by atoms with E-state index in [1.165, 1.54) is 17.4 Å². The van der Waals surface area contributed by atoms with E-state index in [0.29, 0.717) is 38.2 Å². The van der Waals surface area contributed by atoms with Crippen molar-refractivity contribution in [2.75, 3.05) is 5.73 Å². The second kappa shape index (κ2) is 5.20. The summed E-state index contributed by atoms with van der Waals surface area (Å²) in [4.78, 5) is 4.06. The van der Waals surface area contributed by atoms with Gasteiger partial charge in [-0.15, -0.1) is 0 Å². The lowest BCUT2D eigenvalue weighted by Crippen LogP contribution is -1.94. The lowest BCUT2D eigenvalue weighted by atomic mass is 10.0. The molecule has 2 N–H and O–H groups in total. The van der Waals surface area contributed by atoms with Crippen LogP contribution in [0.15, 0.2) is 30.3 Å². The van der Waals surface area contributed by atoms with Crippen LogP contribution in [-0.2, 0) is 6.42 Å². The molecule has 6 heteroatoms. The molecule has 0 aliphatic carbocycles. The SMILES string of the molecule is Nc1nc2cc(F)c(Cc3c(Cl)cccc3Cl)cc2s1. The van der Waals surface area contributed by atoms with Crippen molar-refractivity contribution in [3.63, 3.8) is 0 Å². The number of anilines is 1. The molecule has 0 bridgehead atoms. The molecule has 0 fully saturated rings. The van der Waals surface area contributed by atoms with E-state index in [1.54, 1.807) is 24.3 Å². The Morgan fingerprint density at radius 3 is 2.60 bits per heavy atom. The molecule has 20 heavy (non-hydrogen) atoms. The predicted molar refractivity (Wildman–Crippen MR) is 83.3 cm³/mol. The Kier molecular flexibility index (Phi) is 3.54. The summed E-state index contributed by atoms with van der Waals surface area (Å²) in [5, 5.41) is 1.48. The number of nitrogen functional groups attached to an aromatic ring is 1. The second-order valence-corrected chi connectivity index (χ2v) is 6.22. The van der Waals surface area contributed by atoms with Crippen molar-refractivity contribution in [1.29, 1.82) is 0 Å². The van der Waals surface area contributed by atoms with Crippen LogP contribution in [0.25, 0.3) is 10.2 Å². The maximum Gasteiger partial charge on any atom is 0.181 e. The van der Waals surface area contributed by atoms with Crippen molar-refractivity contribution >= 4 is 49.9 Å². The molecule has 0 saturated carbocycles. The quantitative estimate of drug-likeness (QED) is 0.726. The Bertz CT molecular complexity index is 781. The molecule has 0 atom stereocenters. The third-order valence-corrected chi connectivity index (χ3v) is 4.56. The van der Waals surface area contributed by atoms with E-state index in [2.05, 4.69) is 4.98 Å². The molecular formula is C14H9Cl2FN2S. The summed E-state index contributed by atoms with van der Waals surface area (Å²) < 4.78 is 15.0. The van der Waals surface area contributed by atoms with Gasteiger partial charge in [0.05, 0.1) is 10.2 Å². The summed E-state index contributed by atoms with van der Waals surface area (Å²) in [6.07, 6.45) is 0.331. The smallest absolute Gasteiger partial charge is 0.181 e. The lowest BCUT2D eigenvalue weighted by Gasteiger charge is -2.08. The molecule has 102 valence electrons. The number of halogens is 3. The van der Waals surface area contributed by atoms with E-state index in [1.807, 2.05) is 0 Å². The van der Waals surface area contributed by atoms with E-state index in [4.69, 9.17) is 28.9 Å². The minimum Gasteiger partial charge on any atom is -0.375 e. The number of fused-ring (bicyclic) bond motifs is 1. The van der Waals surface area contributed by atoms with Crippen molar-refractivity contribution in [2.45, 2.75) is 6.42 Å². The Morgan fingerprint density at radius 1 is 1.20 bits per heavy atom. The van der Waals surface area contributed by atoms with E-state index >= 15 is 0 Å². The van der Waals surface area contributed by atoms with Crippen molar-refractivity contribution in [3.8, 4) is 0 Å². The van der Waals surface area contributed by atoms with Gasteiger partial charge < -0.3 is 5.73 Å². The highest BCUT2D eigenvalue weighted by Gasteiger charge is 2.12. The average Bonchev–Trinajstić information content (AvgIpc) is 2.73. The average molecular weight is 327 g/mol. The Balaban J connectivity index is 2.08. The zero-order valence-corrected chi connectivity index (χ0v) is 12.5. The Hall–Kier alpha value is -1.36. The molecule has 0 saturated heterocycles. The van der Waals surface area contributed by atoms with Crippen molar-refractivity contribution < 1.29 is 4.39 Å². The molecule has 3 rings (SSSR count).